The Bertz CT molecular complexity index is 791. The molecule has 0 saturated carbocycles. The predicted octanol–water partition coefficient (Wildman–Crippen LogP) is 3.68. The van der Waals surface area contributed by atoms with Gasteiger partial charge in [-0.05, 0) is 30.2 Å². The molecule has 1 saturated heterocycles. The highest BCUT2D eigenvalue weighted by Crippen LogP contribution is 2.28. The van der Waals surface area contributed by atoms with Gasteiger partial charge in [-0.2, -0.15) is 0 Å². The first kappa shape index (κ1) is 22.1. The minimum atomic E-state index is -0.129. The van der Waals surface area contributed by atoms with Crippen LogP contribution in [0.25, 0.3) is 0 Å². The van der Waals surface area contributed by atoms with Crippen molar-refractivity contribution in [1.82, 2.24) is 10.2 Å². The summed E-state index contributed by atoms with van der Waals surface area (Å²) in [7, 11) is 1.59. The summed E-state index contributed by atoms with van der Waals surface area (Å²) < 4.78 is 16.7. The molecule has 1 heterocycles. The molecule has 2 aromatic rings. The number of morpholine rings is 1. The SMILES string of the molecule is CCCCOc1ccc(C(=O)NC(CN2CCOCC2)c2ccccc2)cc1OC. The maximum atomic E-state index is 13.1. The van der Waals surface area contributed by atoms with E-state index >= 15 is 0 Å². The molecule has 0 radical (unpaired) electrons. The van der Waals surface area contributed by atoms with Crippen LogP contribution in [0.1, 0.15) is 41.7 Å². The largest absolute Gasteiger partial charge is 0.493 e. The number of rotatable bonds is 10. The fraction of sp³-hybridized carbons (Fsp3) is 0.458. The summed E-state index contributed by atoms with van der Waals surface area (Å²) in [5.41, 5.74) is 1.64. The minimum Gasteiger partial charge on any atom is -0.493 e. The van der Waals surface area contributed by atoms with Crippen molar-refractivity contribution in [3.63, 3.8) is 0 Å². The Balaban J connectivity index is 1.72. The van der Waals surface area contributed by atoms with Crippen LogP contribution in [0.5, 0.6) is 11.5 Å². The summed E-state index contributed by atoms with van der Waals surface area (Å²) in [6.07, 6.45) is 2.04. The smallest absolute Gasteiger partial charge is 0.251 e. The van der Waals surface area contributed by atoms with Gasteiger partial charge in [0.05, 0.1) is 33.0 Å². The minimum absolute atomic E-state index is 0.108. The van der Waals surface area contributed by atoms with Gasteiger partial charge in [0.25, 0.3) is 5.91 Å². The highest BCUT2D eigenvalue weighted by molar-refractivity contribution is 5.95. The van der Waals surface area contributed by atoms with E-state index in [-0.39, 0.29) is 11.9 Å². The van der Waals surface area contributed by atoms with Crippen LogP contribution in [0.4, 0.5) is 0 Å². The first-order chi connectivity index (χ1) is 14.7. The molecule has 0 aliphatic carbocycles. The first-order valence-corrected chi connectivity index (χ1v) is 10.7. The summed E-state index contributed by atoms with van der Waals surface area (Å²) in [6, 6.07) is 15.3. The Morgan fingerprint density at radius 3 is 2.60 bits per heavy atom. The van der Waals surface area contributed by atoms with E-state index in [2.05, 4.69) is 29.3 Å². The fourth-order valence-corrected chi connectivity index (χ4v) is 3.46. The zero-order valence-corrected chi connectivity index (χ0v) is 17.9. The lowest BCUT2D eigenvalue weighted by Crippen LogP contribution is -2.43. The van der Waals surface area contributed by atoms with Gasteiger partial charge in [-0.1, -0.05) is 43.7 Å². The summed E-state index contributed by atoms with van der Waals surface area (Å²) >= 11 is 0. The summed E-state index contributed by atoms with van der Waals surface area (Å²) in [6.45, 7) is 6.70. The number of methoxy groups -OCH3 is 1. The number of unbranched alkanes of at least 4 members (excludes halogenated alkanes) is 1. The van der Waals surface area contributed by atoms with Crippen molar-refractivity contribution >= 4 is 5.91 Å². The molecule has 1 amide bonds. The normalized spacial score (nSPS) is 15.4. The van der Waals surface area contributed by atoms with E-state index in [1.54, 1.807) is 19.2 Å². The number of amides is 1. The van der Waals surface area contributed by atoms with Crippen LogP contribution < -0.4 is 14.8 Å². The molecule has 1 N–H and O–H groups in total. The van der Waals surface area contributed by atoms with E-state index in [9.17, 15) is 4.79 Å². The molecule has 1 unspecified atom stereocenters. The summed E-state index contributed by atoms with van der Waals surface area (Å²) in [4.78, 5) is 15.4. The average Bonchev–Trinajstić information content (AvgIpc) is 2.80. The quantitative estimate of drug-likeness (QED) is 0.604. The van der Waals surface area contributed by atoms with Crippen LogP contribution in [0.3, 0.4) is 0 Å². The number of nitrogens with zero attached hydrogens (tertiary/aromatic N) is 1. The number of ether oxygens (including phenoxy) is 3. The molecule has 1 atom stereocenters. The third-order valence-electron chi connectivity index (χ3n) is 5.23. The molecule has 6 heteroatoms. The second kappa shape index (κ2) is 11.6. The van der Waals surface area contributed by atoms with Crippen LogP contribution in [0.2, 0.25) is 0 Å². The highest BCUT2D eigenvalue weighted by Gasteiger charge is 2.21. The van der Waals surface area contributed by atoms with Crippen molar-refractivity contribution in [3.05, 3.63) is 59.7 Å². The lowest BCUT2D eigenvalue weighted by atomic mass is 10.0. The Kier molecular flexibility index (Phi) is 8.53. The molecular formula is C24H32N2O4. The van der Waals surface area contributed by atoms with Gasteiger partial charge >= 0.3 is 0 Å². The van der Waals surface area contributed by atoms with Gasteiger partial charge in [0, 0.05) is 25.2 Å². The predicted molar refractivity (Wildman–Crippen MR) is 117 cm³/mol. The van der Waals surface area contributed by atoms with Gasteiger partial charge in [0.2, 0.25) is 0 Å². The van der Waals surface area contributed by atoms with Crippen LogP contribution in [0, 0.1) is 0 Å². The second-order valence-corrected chi connectivity index (χ2v) is 7.42. The maximum absolute atomic E-state index is 13.1. The Labute approximate surface area is 179 Å². The van der Waals surface area contributed by atoms with Crippen LogP contribution >= 0.6 is 0 Å². The van der Waals surface area contributed by atoms with Gasteiger partial charge in [-0.3, -0.25) is 9.69 Å². The number of hydrogen-bond donors (Lipinski definition) is 1. The molecule has 1 aliphatic rings. The average molecular weight is 413 g/mol. The third kappa shape index (κ3) is 6.21. The van der Waals surface area contributed by atoms with Crippen molar-refractivity contribution < 1.29 is 19.0 Å². The van der Waals surface area contributed by atoms with Crippen molar-refractivity contribution in [2.24, 2.45) is 0 Å². The van der Waals surface area contributed by atoms with E-state index in [0.29, 0.717) is 23.7 Å². The molecule has 0 spiro atoms. The number of hydrogen-bond acceptors (Lipinski definition) is 5. The molecular weight excluding hydrogens is 380 g/mol. The standard InChI is InChI=1S/C24H32N2O4/c1-3-4-14-30-22-11-10-20(17-23(22)28-2)24(27)25-21(19-8-6-5-7-9-19)18-26-12-15-29-16-13-26/h5-11,17,21H,3-4,12-16,18H2,1-2H3,(H,25,27). The van der Waals surface area contributed by atoms with Crippen molar-refractivity contribution in [3.8, 4) is 11.5 Å². The van der Waals surface area contributed by atoms with Gasteiger partial charge in [-0.15, -0.1) is 0 Å². The van der Waals surface area contributed by atoms with E-state index in [4.69, 9.17) is 14.2 Å². The number of benzene rings is 2. The number of carbonyl (C=O) groups is 1. The molecule has 1 fully saturated rings. The number of nitrogens with one attached hydrogen (secondary N) is 1. The van der Waals surface area contributed by atoms with Crippen LogP contribution in [-0.4, -0.2) is 57.4 Å². The molecule has 162 valence electrons. The summed E-state index contributed by atoms with van der Waals surface area (Å²) in [5.74, 6) is 1.11. The molecule has 2 aromatic carbocycles. The maximum Gasteiger partial charge on any atom is 0.251 e. The molecule has 3 rings (SSSR count). The zero-order chi connectivity index (χ0) is 21.2. The topological polar surface area (TPSA) is 60.0 Å². The summed E-state index contributed by atoms with van der Waals surface area (Å²) in [5, 5.41) is 3.20. The highest BCUT2D eigenvalue weighted by atomic mass is 16.5. The van der Waals surface area contributed by atoms with E-state index in [1.807, 2.05) is 24.3 Å². The monoisotopic (exact) mass is 412 g/mol. The molecule has 0 bridgehead atoms. The van der Waals surface area contributed by atoms with Gasteiger partial charge in [-0.25, -0.2) is 0 Å². The van der Waals surface area contributed by atoms with Crippen LogP contribution in [0.15, 0.2) is 48.5 Å². The molecule has 0 aromatic heterocycles. The first-order valence-electron chi connectivity index (χ1n) is 10.7. The van der Waals surface area contributed by atoms with Crippen molar-refractivity contribution in [2.45, 2.75) is 25.8 Å². The van der Waals surface area contributed by atoms with E-state index in [0.717, 1.165) is 51.3 Å². The fourth-order valence-electron chi connectivity index (χ4n) is 3.46. The van der Waals surface area contributed by atoms with Gasteiger partial charge in [0.15, 0.2) is 11.5 Å². The molecule has 1 aliphatic heterocycles. The van der Waals surface area contributed by atoms with Gasteiger partial charge < -0.3 is 19.5 Å². The lowest BCUT2D eigenvalue weighted by molar-refractivity contribution is 0.0332. The van der Waals surface area contributed by atoms with E-state index < -0.39 is 0 Å². The van der Waals surface area contributed by atoms with Crippen LogP contribution in [-0.2, 0) is 4.74 Å². The Morgan fingerprint density at radius 1 is 1.13 bits per heavy atom. The van der Waals surface area contributed by atoms with Crippen molar-refractivity contribution in [1.29, 1.82) is 0 Å². The van der Waals surface area contributed by atoms with Crippen molar-refractivity contribution in [2.75, 3.05) is 46.6 Å². The second-order valence-electron chi connectivity index (χ2n) is 7.42. The molecule has 6 nitrogen and oxygen atoms in total. The third-order valence-corrected chi connectivity index (χ3v) is 5.23. The Hall–Kier alpha value is -2.57. The lowest BCUT2D eigenvalue weighted by Gasteiger charge is -2.31. The Morgan fingerprint density at radius 2 is 1.90 bits per heavy atom. The van der Waals surface area contributed by atoms with Gasteiger partial charge in [0.1, 0.15) is 0 Å². The molecule has 30 heavy (non-hydrogen) atoms. The van der Waals surface area contributed by atoms with E-state index in [1.165, 1.54) is 0 Å². The number of carbonyl (C=O) groups excluding carboxylic acids is 1. The zero-order valence-electron chi connectivity index (χ0n) is 17.9.